The van der Waals surface area contributed by atoms with E-state index >= 15 is 0 Å². The maximum Gasteiger partial charge on any atom is 0.354 e. The Balaban J connectivity index is 2.17. The molecule has 11 heteroatoms. The molecule has 0 N–H and O–H groups in total. The highest BCUT2D eigenvalue weighted by molar-refractivity contribution is 9.10. The largest absolute Gasteiger partial charge is 0.354 e. The van der Waals surface area contributed by atoms with Crippen LogP contribution in [-0.2, 0) is 10.00 Å². The van der Waals surface area contributed by atoms with Gasteiger partial charge in [-0.05, 0) is 12.1 Å². The van der Waals surface area contributed by atoms with Gasteiger partial charge >= 0.3 is 11.4 Å². The number of allylic oxidation sites excluding steroid dienone is 2. The number of fused-ring (bicyclic) bond motifs is 5. The molecule has 1 aromatic carbocycles. The van der Waals surface area contributed by atoms with E-state index in [1.807, 2.05) is 0 Å². The molecule has 2 unspecified atom stereocenters. The lowest BCUT2D eigenvalue weighted by Gasteiger charge is -2.29. The van der Waals surface area contributed by atoms with Crippen LogP contribution in [0, 0.1) is 0 Å². The van der Waals surface area contributed by atoms with Crippen LogP contribution in [0.2, 0.25) is 0 Å². The molecular weight excluding hydrogens is 487 g/mol. The zero-order chi connectivity index (χ0) is 17.7. The monoisotopic (exact) mass is 489 g/mol. The molecule has 4 rings (SSSR count). The second-order valence-corrected chi connectivity index (χ2v) is 9.37. The number of para-hydroxylation sites is 1. The van der Waals surface area contributed by atoms with Crippen molar-refractivity contribution >= 4 is 73.9 Å². The SMILES string of the molecule is O=c1n(-c2ccccc2)c(=O)n2n1C1(Cl)C(Cl)=C(Cl)C2(Cl)C1(Cl)Br. The summed E-state index contributed by atoms with van der Waals surface area (Å²) in [7, 11) is 0. The van der Waals surface area contributed by atoms with Gasteiger partial charge in [-0.1, -0.05) is 92.1 Å². The van der Waals surface area contributed by atoms with E-state index in [0.717, 1.165) is 13.9 Å². The molecule has 2 aromatic rings. The van der Waals surface area contributed by atoms with Gasteiger partial charge in [-0.15, -0.1) is 0 Å². The van der Waals surface area contributed by atoms with Crippen LogP contribution in [0.5, 0.6) is 0 Å². The van der Waals surface area contributed by atoms with Crippen molar-refractivity contribution in [3.05, 3.63) is 61.4 Å². The molecule has 0 fully saturated rings. The number of halogens is 6. The first kappa shape index (κ1) is 17.1. The van der Waals surface area contributed by atoms with Gasteiger partial charge in [-0.3, -0.25) is 0 Å². The lowest BCUT2D eigenvalue weighted by atomic mass is 10.2. The third kappa shape index (κ3) is 1.53. The van der Waals surface area contributed by atoms with Gasteiger partial charge in [0.15, 0.2) is 3.78 Å². The fourth-order valence-corrected chi connectivity index (χ4v) is 6.04. The first-order chi connectivity index (χ1) is 11.1. The molecule has 2 bridgehead atoms. The van der Waals surface area contributed by atoms with Gasteiger partial charge < -0.3 is 0 Å². The zero-order valence-corrected chi connectivity index (χ0v) is 16.7. The van der Waals surface area contributed by atoms with E-state index in [9.17, 15) is 9.59 Å². The summed E-state index contributed by atoms with van der Waals surface area (Å²) in [6, 6.07) is 8.32. The number of nitrogens with zero attached hydrogens (tertiary/aromatic N) is 3. The van der Waals surface area contributed by atoms with Gasteiger partial charge in [0.1, 0.15) is 0 Å². The maximum absolute atomic E-state index is 12.9. The van der Waals surface area contributed by atoms with E-state index < -0.39 is 25.2 Å². The molecule has 5 nitrogen and oxygen atoms in total. The minimum Gasteiger partial charge on any atom is -0.245 e. The summed E-state index contributed by atoms with van der Waals surface area (Å²) in [5.41, 5.74) is -1.13. The number of hydrogen-bond acceptors (Lipinski definition) is 2. The Morgan fingerprint density at radius 1 is 0.833 bits per heavy atom. The van der Waals surface area contributed by atoms with Crippen LogP contribution in [0.3, 0.4) is 0 Å². The molecule has 1 aliphatic carbocycles. The smallest absolute Gasteiger partial charge is 0.245 e. The first-order valence-corrected chi connectivity index (χ1v) is 9.15. The molecular formula is C13H5BrCl5N3O2. The van der Waals surface area contributed by atoms with Crippen molar-refractivity contribution in [3.63, 3.8) is 0 Å². The van der Waals surface area contributed by atoms with Crippen LogP contribution in [0.1, 0.15) is 0 Å². The second kappa shape index (κ2) is 4.87. The van der Waals surface area contributed by atoms with Crippen LogP contribution >= 0.6 is 73.9 Å². The number of aromatic nitrogens is 3. The lowest BCUT2D eigenvalue weighted by molar-refractivity contribution is 0.447. The summed E-state index contributed by atoms with van der Waals surface area (Å²) in [6.07, 6.45) is 0. The van der Waals surface area contributed by atoms with E-state index in [1.54, 1.807) is 30.3 Å². The molecule has 2 aliphatic rings. The Bertz CT molecular complexity index is 981. The van der Waals surface area contributed by atoms with Crippen molar-refractivity contribution in [2.24, 2.45) is 0 Å². The van der Waals surface area contributed by atoms with Gasteiger partial charge in [0.2, 0.25) is 10.00 Å². The highest BCUT2D eigenvalue weighted by Gasteiger charge is 2.79. The first-order valence-electron chi connectivity index (χ1n) is 6.47. The highest BCUT2D eigenvalue weighted by atomic mass is 79.9. The van der Waals surface area contributed by atoms with Crippen molar-refractivity contribution in [1.82, 2.24) is 13.9 Å². The molecule has 1 aromatic heterocycles. The third-order valence-corrected chi connectivity index (χ3v) is 8.97. The molecule has 0 radical (unpaired) electrons. The van der Waals surface area contributed by atoms with E-state index in [2.05, 4.69) is 15.9 Å². The molecule has 2 atom stereocenters. The lowest BCUT2D eigenvalue weighted by Crippen LogP contribution is -2.47. The van der Waals surface area contributed by atoms with Crippen LogP contribution in [0.25, 0.3) is 5.69 Å². The average molecular weight is 492 g/mol. The van der Waals surface area contributed by atoms with Gasteiger partial charge in [0.05, 0.1) is 15.8 Å². The second-order valence-electron chi connectivity index (χ2n) is 5.31. The molecule has 24 heavy (non-hydrogen) atoms. The summed E-state index contributed by atoms with van der Waals surface area (Å²) >= 11 is 35.3. The molecule has 0 amide bonds. The van der Waals surface area contributed by atoms with Crippen molar-refractivity contribution in [1.29, 1.82) is 0 Å². The minimum atomic E-state index is -1.86. The highest BCUT2D eigenvalue weighted by Crippen LogP contribution is 2.72. The van der Waals surface area contributed by atoms with Crippen LogP contribution in [0.4, 0.5) is 0 Å². The number of alkyl halides is 4. The standard InChI is InChI=1S/C13H5BrCl5N3O2/c14-13(19)11(17)7(15)8(16)12(13,18)22-10(24)20(9(23)21(11)22)6-4-2-1-3-5-6/h1-5H. The molecule has 2 heterocycles. The normalized spacial score (nSPS) is 34.1. The maximum atomic E-state index is 12.9. The van der Waals surface area contributed by atoms with Crippen LogP contribution in [0.15, 0.2) is 50.0 Å². The topological polar surface area (TPSA) is 48.9 Å². The summed E-state index contributed by atoms with van der Waals surface area (Å²) < 4.78 is 1.06. The summed E-state index contributed by atoms with van der Waals surface area (Å²) in [4.78, 5) is 22.1. The van der Waals surface area contributed by atoms with Crippen molar-refractivity contribution in [2.75, 3.05) is 0 Å². The van der Waals surface area contributed by atoms with Gasteiger partial charge in [-0.25, -0.2) is 14.2 Å². The fourth-order valence-electron chi connectivity index (χ4n) is 3.02. The van der Waals surface area contributed by atoms with Crippen molar-refractivity contribution in [3.8, 4) is 5.69 Å². The summed E-state index contributed by atoms with van der Waals surface area (Å²) in [6.45, 7) is 0. The van der Waals surface area contributed by atoms with Crippen molar-refractivity contribution < 1.29 is 0 Å². The number of rotatable bonds is 1. The van der Waals surface area contributed by atoms with Gasteiger partial charge in [0, 0.05) is 0 Å². The Labute approximate surface area is 168 Å². The summed E-state index contributed by atoms with van der Waals surface area (Å²) in [5, 5.41) is -0.250. The average Bonchev–Trinajstić information content (AvgIpc) is 2.93. The molecule has 0 saturated heterocycles. The Kier molecular flexibility index (Phi) is 3.46. The zero-order valence-electron chi connectivity index (χ0n) is 11.3. The quantitative estimate of drug-likeness (QED) is 0.571. The van der Waals surface area contributed by atoms with Gasteiger partial charge in [0.25, 0.3) is 0 Å². The predicted molar refractivity (Wildman–Crippen MR) is 98.2 cm³/mol. The van der Waals surface area contributed by atoms with E-state index in [1.165, 1.54) is 0 Å². The Hall–Kier alpha value is -0.370. The van der Waals surface area contributed by atoms with E-state index in [-0.39, 0.29) is 10.1 Å². The third-order valence-electron chi connectivity index (χ3n) is 4.15. The number of hydrogen-bond donors (Lipinski definition) is 0. The Morgan fingerprint density at radius 2 is 1.25 bits per heavy atom. The van der Waals surface area contributed by atoms with Gasteiger partial charge in [-0.2, -0.15) is 9.36 Å². The minimum absolute atomic E-state index is 0.125. The number of benzene rings is 1. The van der Waals surface area contributed by atoms with E-state index in [0.29, 0.717) is 5.69 Å². The molecule has 0 spiro atoms. The Morgan fingerprint density at radius 3 is 1.67 bits per heavy atom. The molecule has 0 saturated carbocycles. The van der Waals surface area contributed by atoms with Crippen LogP contribution in [-0.4, -0.2) is 17.7 Å². The molecule has 1 aliphatic heterocycles. The van der Waals surface area contributed by atoms with Crippen LogP contribution < -0.4 is 11.4 Å². The fraction of sp³-hybridized carbons (Fsp3) is 0.231. The van der Waals surface area contributed by atoms with Crippen molar-refractivity contribution in [2.45, 2.75) is 13.8 Å². The predicted octanol–water partition coefficient (Wildman–Crippen LogP) is 3.63. The molecule has 126 valence electrons. The summed E-state index contributed by atoms with van der Waals surface area (Å²) in [5.74, 6) is 0. The van der Waals surface area contributed by atoms with E-state index in [4.69, 9.17) is 58.0 Å².